The fourth-order valence-corrected chi connectivity index (χ4v) is 2.71. The molecule has 0 unspecified atom stereocenters. The molecule has 0 radical (unpaired) electrons. The van der Waals surface area contributed by atoms with E-state index in [0.29, 0.717) is 6.42 Å². The van der Waals surface area contributed by atoms with Gasteiger partial charge in [-0.1, -0.05) is 31.2 Å². The van der Waals surface area contributed by atoms with Gasteiger partial charge in [-0.2, -0.15) is 0 Å². The summed E-state index contributed by atoms with van der Waals surface area (Å²) in [7, 11) is 0. The Morgan fingerprint density at radius 2 is 2.12 bits per heavy atom. The van der Waals surface area contributed by atoms with E-state index in [1.54, 1.807) is 6.92 Å². The molecule has 2 atom stereocenters. The van der Waals surface area contributed by atoms with Crippen molar-refractivity contribution in [3.8, 4) is 0 Å². The van der Waals surface area contributed by atoms with Gasteiger partial charge in [0.15, 0.2) is 5.78 Å². The van der Waals surface area contributed by atoms with Crippen LogP contribution >= 0.6 is 0 Å². The Labute approximate surface area is 95.7 Å². The first kappa shape index (κ1) is 11.1. The number of hydrogen-bond acceptors (Lipinski definition) is 2. The number of ketones is 1. The highest BCUT2D eigenvalue weighted by molar-refractivity contribution is 6.01. The molecule has 0 amide bonds. The summed E-state index contributed by atoms with van der Waals surface area (Å²) < 4.78 is 0. The number of carbonyl (C=O) groups excluding carboxylic acids is 2. The standard InChI is InChI=1S/C14H16O2/c1-3-12-11-7-5-4-6-10(11)8-13(16)14(12,2)9-15/h4-7,9,12H,3,8H2,1-2H3/t12-,14-/m0/s1. The van der Waals surface area contributed by atoms with Crippen LogP contribution in [0.2, 0.25) is 0 Å². The van der Waals surface area contributed by atoms with E-state index in [-0.39, 0.29) is 11.7 Å². The number of aldehydes is 1. The molecule has 0 bridgehead atoms. The average molecular weight is 216 g/mol. The van der Waals surface area contributed by atoms with E-state index in [2.05, 4.69) is 0 Å². The number of rotatable bonds is 2. The highest BCUT2D eigenvalue weighted by Gasteiger charge is 2.44. The Morgan fingerprint density at radius 3 is 2.75 bits per heavy atom. The van der Waals surface area contributed by atoms with Crippen LogP contribution in [-0.4, -0.2) is 12.1 Å². The first-order valence-corrected chi connectivity index (χ1v) is 5.71. The minimum Gasteiger partial charge on any atom is -0.302 e. The van der Waals surface area contributed by atoms with Crippen molar-refractivity contribution in [2.75, 3.05) is 0 Å². The molecule has 1 aliphatic rings. The molecule has 0 aromatic heterocycles. The van der Waals surface area contributed by atoms with E-state index >= 15 is 0 Å². The minimum absolute atomic E-state index is 0.0300. The molecular weight excluding hydrogens is 200 g/mol. The quantitative estimate of drug-likeness (QED) is 0.562. The van der Waals surface area contributed by atoms with Gasteiger partial charge in [-0.15, -0.1) is 0 Å². The normalized spacial score (nSPS) is 28.6. The Hall–Kier alpha value is -1.44. The third kappa shape index (κ3) is 1.41. The second kappa shape index (κ2) is 3.85. The zero-order valence-corrected chi connectivity index (χ0v) is 9.69. The lowest BCUT2D eigenvalue weighted by molar-refractivity contribution is -0.135. The average Bonchev–Trinajstić information content (AvgIpc) is 2.31. The number of hydrogen-bond donors (Lipinski definition) is 0. The molecule has 2 nitrogen and oxygen atoms in total. The van der Waals surface area contributed by atoms with Crippen LogP contribution in [0.25, 0.3) is 0 Å². The van der Waals surface area contributed by atoms with Crippen molar-refractivity contribution >= 4 is 12.1 Å². The summed E-state index contributed by atoms with van der Waals surface area (Å²) in [6.07, 6.45) is 2.04. The van der Waals surface area contributed by atoms with Crippen molar-refractivity contribution in [1.29, 1.82) is 0 Å². The van der Waals surface area contributed by atoms with Crippen molar-refractivity contribution in [2.45, 2.75) is 32.6 Å². The number of benzene rings is 1. The third-order valence-corrected chi connectivity index (χ3v) is 3.76. The first-order valence-electron chi connectivity index (χ1n) is 5.71. The summed E-state index contributed by atoms with van der Waals surface area (Å²) in [5.74, 6) is 0.0792. The van der Waals surface area contributed by atoms with Crippen LogP contribution in [0.15, 0.2) is 24.3 Å². The summed E-state index contributed by atoms with van der Waals surface area (Å²) in [5, 5.41) is 0. The van der Waals surface area contributed by atoms with E-state index in [0.717, 1.165) is 18.3 Å². The van der Waals surface area contributed by atoms with E-state index in [1.165, 1.54) is 5.56 Å². The summed E-state index contributed by atoms with van der Waals surface area (Å²) in [4.78, 5) is 23.3. The Kier molecular flexibility index (Phi) is 2.66. The van der Waals surface area contributed by atoms with E-state index in [9.17, 15) is 9.59 Å². The van der Waals surface area contributed by atoms with Gasteiger partial charge in [0.25, 0.3) is 0 Å². The highest BCUT2D eigenvalue weighted by atomic mass is 16.1. The summed E-state index contributed by atoms with van der Waals surface area (Å²) >= 11 is 0. The van der Waals surface area contributed by atoms with Gasteiger partial charge in [0, 0.05) is 12.3 Å². The molecule has 0 fully saturated rings. The largest absolute Gasteiger partial charge is 0.302 e. The molecule has 1 aliphatic carbocycles. The molecule has 84 valence electrons. The van der Waals surface area contributed by atoms with E-state index in [1.807, 2.05) is 31.2 Å². The van der Waals surface area contributed by atoms with Crippen molar-refractivity contribution in [1.82, 2.24) is 0 Å². The molecule has 0 saturated carbocycles. The zero-order chi connectivity index (χ0) is 11.8. The lowest BCUT2D eigenvalue weighted by Crippen LogP contribution is -2.41. The second-order valence-electron chi connectivity index (χ2n) is 4.66. The maximum Gasteiger partial charge on any atom is 0.150 e. The van der Waals surface area contributed by atoms with Crippen molar-refractivity contribution in [3.63, 3.8) is 0 Å². The maximum atomic E-state index is 12.0. The van der Waals surface area contributed by atoms with Crippen LogP contribution in [0.5, 0.6) is 0 Å². The van der Waals surface area contributed by atoms with Gasteiger partial charge in [0.05, 0.1) is 5.41 Å². The Morgan fingerprint density at radius 1 is 1.44 bits per heavy atom. The van der Waals surface area contributed by atoms with Gasteiger partial charge < -0.3 is 4.79 Å². The summed E-state index contributed by atoms with van der Waals surface area (Å²) in [6, 6.07) is 7.95. The summed E-state index contributed by atoms with van der Waals surface area (Å²) in [6.45, 7) is 3.80. The fourth-order valence-electron chi connectivity index (χ4n) is 2.71. The number of fused-ring (bicyclic) bond motifs is 1. The Balaban J connectivity index is 2.58. The predicted molar refractivity (Wildman–Crippen MR) is 62.4 cm³/mol. The smallest absolute Gasteiger partial charge is 0.150 e. The molecular formula is C14H16O2. The molecule has 16 heavy (non-hydrogen) atoms. The van der Waals surface area contributed by atoms with Gasteiger partial charge in [0.1, 0.15) is 6.29 Å². The third-order valence-electron chi connectivity index (χ3n) is 3.76. The highest BCUT2D eigenvalue weighted by Crippen LogP contribution is 2.43. The second-order valence-corrected chi connectivity index (χ2v) is 4.66. The Bertz CT molecular complexity index is 436. The molecule has 1 aromatic rings. The predicted octanol–water partition coefficient (Wildman–Crippen LogP) is 2.51. The number of Topliss-reactive ketones (excluding diaryl/α,β-unsaturated/α-hetero) is 1. The van der Waals surface area contributed by atoms with Crippen molar-refractivity contribution < 1.29 is 9.59 Å². The van der Waals surface area contributed by atoms with Gasteiger partial charge in [-0.25, -0.2) is 0 Å². The molecule has 2 rings (SSSR count). The molecule has 1 aromatic carbocycles. The van der Waals surface area contributed by atoms with Crippen LogP contribution in [0, 0.1) is 5.41 Å². The molecule has 2 heteroatoms. The van der Waals surface area contributed by atoms with Crippen LogP contribution in [0.3, 0.4) is 0 Å². The number of carbonyl (C=O) groups is 2. The monoisotopic (exact) mass is 216 g/mol. The minimum atomic E-state index is -0.830. The van der Waals surface area contributed by atoms with Gasteiger partial charge in [0.2, 0.25) is 0 Å². The van der Waals surface area contributed by atoms with Crippen LogP contribution in [0.1, 0.15) is 37.3 Å². The fraction of sp³-hybridized carbons (Fsp3) is 0.429. The molecule has 0 saturated heterocycles. The zero-order valence-electron chi connectivity index (χ0n) is 9.69. The van der Waals surface area contributed by atoms with Crippen molar-refractivity contribution in [2.24, 2.45) is 5.41 Å². The van der Waals surface area contributed by atoms with E-state index < -0.39 is 5.41 Å². The van der Waals surface area contributed by atoms with Gasteiger partial charge in [-0.05, 0) is 24.5 Å². The molecule has 0 aliphatic heterocycles. The lowest BCUT2D eigenvalue weighted by atomic mass is 9.64. The molecule has 0 heterocycles. The lowest BCUT2D eigenvalue weighted by Gasteiger charge is -2.36. The van der Waals surface area contributed by atoms with Crippen LogP contribution < -0.4 is 0 Å². The SMILES string of the molecule is CC[C@H]1c2ccccc2CC(=O)[C@@]1(C)C=O. The van der Waals surface area contributed by atoms with Crippen molar-refractivity contribution in [3.05, 3.63) is 35.4 Å². The molecule has 0 N–H and O–H groups in total. The van der Waals surface area contributed by atoms with E-state index in [4.69, 9.17) is 0 Å². The van der Waals surface area contributed by atoms with Gasteiger partial charge >= 0.3 is 0 Å². The topological polar surface area (TPSA) is 34.1 Å². The summed E-state index contributed by atoms with van der Waals surface area (Å²) in [5.41, 5.74) is 1.42. The first-order chi connectivity index (χ1) is 7.63. The van der Waals surface area contributed by atoms with Crippen LogP contribution in [-0.2, 0) is 16.0 Å². The molecule has 0 spiro atoms. The maximum absolute atomic E-state index is 12.0. The van der Waals surface area contributed by atoms with Gasteiger partial charge in [-0.3, -0.25) is 4.79 Å². The van der Waals surface area contributed by atoms with Crippen LogP contribution in [0.4, 0.5) is 0 Å².